The number of furan rings is 1. The number of hydrogen-bond acceptors (Lipinski definition) is 3. The largest absolute Gasteiger partial charge is 0.493 e. The van der Waals surface area contributed by atoms with Crippen molar-refractivity contribution in [2.45, 2.75) is 20.4 Å². The molecule has 4 aromatic rings. The highest BCUT2D eigenvalue weighted by Crippen LogP contribution is 2.37. The van der Waals surface area contributed by atoms with E-state index < -0.39 is 0 Å². The second kappa shape index (κ2) is 9.92. The molecule has 0 saturated carbocycles. The third-order valence-corrected chi connectivity index (χ3v) is 5.68. The molecular formula is C27H23ClFNO3. The maximum atomic E-state index is 13.4. The zero-order chi connectivity index (χ0) is 23.4. The fourth-order valence-corrected chi connectivity index (χ4v) is 3.84. The van der Waals surface area contributed by atoms with E-state index in [0.717, 1.165) is 33.2 Å². The number of fused-ring (bicyclic) bond motifs is 1. The van der Waals surface area contributed by atoms with Crippen LogP contribution in [0.25, 0.3) is 27.7 Å². The van der Waals surface area contributed by atoms with E-state index in [1.54, 1.807) is 24.5 Å². The highest BCUT2D eigenvalue weighted by molar-refractivity contribution is 6.31. The normalized spacial score (nSPS) is 11.6. The first kappa shape index (κ1) is 22.6. The van der Waals surface area contributed by atoms with Crippen molar-refractivity contribution < 1.29 is 18.3 Å². The average molecular weight is 464 g/mol. The first-order valence-electron chi connectivity index (χ1n) is 10.6. The molecule has 4 rings (SSSR count). The van der Waals surface area contributed by atoms with Crippen molar-refractivity contribution in [3.05, 3.63) is 95.0 Å². The van der Waals surface area contributed by atoms with Crippen molar-refractivity contribution >= 4 is 34.1 Å². The van der Waals surface area contributed by atoms with Gasteiger partial charge in [0.25, 0.3) is 0 Å². The second-order valence-corrected chi connectivity index (χ2v) is 7.98. The van der Waals surface area contributed by atoms with E-state index >= 15 is 0 Å². The molecule has 1 heterocycles. The third kappa shape index (κ3) is 5.10. The van der Waals surface area contributed by atoms with Crippen LogP contribution in [0.1, 0.15) is 25.0 Å². The lowest BCUT2D eigenvalue weighted by atomic mass is 9.99. The van der Waals surface area contributed by atoms with E-state index in [4.69, 9.17) is 20.8 Å². The number of amides is 1. The Labute approximate surface area is 196 Å². The number of ether oxygens (including phenoxy) is 1. The van der Waals surface area contributed by atoms with Gasteiger partial charge < -0.3 is 14.5 Å². The minimum Gasteiger partial charge on any atom is -0.493 e. The van der Waals surface area contributed by atoms with Gasteiger partial charge >= 0.3 is 0 Å². The number of benzene rings is 3. The summed E-state index contributed by atoms with van der Waals surface area (Å²) in [5.41, 5.74) is 4.69. The molecule has 0 atom stereocenters. The summed E-state index contributed by atoms with van der Waals surface area (Å²) < 4.78 is 24.9. The first-order valence-corrected chi connectivity index (χ1v) is 11.0. The maximum Gasteiger partial charge on any atom is 0.244 e. The van der Waals surface area contributed by atoms with Crippen LogP contribution in [0.2, 0.25) is 5.02 Å². The molecule has 6 heteroatoms. The molecule has 0 unspecified atom stereocenters. The van der Waals surface area contributed by atoms with Crippen LogP contribution in [0.5, 0.6) is 5.75 Å². The monoisotopic (exact) mass is 463 g/mol. The number of halogens is 2. The fourth-order valence-electron chi connectivity index (χ4n) is 3.64. The van der Waals surface area contributed by atoms with E-state index in [1.807, 2.05) is 44.2 Å². The fraction of sp³-hybridized carbons (Fsp3) is 0.148. The van der Waals surface area contributed by atoms with Crippen LogP contribution in [0.3, 0.4) is 0 Å². The van der Waals surface area contributed by atoms with Crippen LogP contribution >= 0.6 is 11.6 Å². The maximum absolute atomic E-state index is 13.4. The number of nitrogens with one attached hydrogen (secondary N) is 1. The molecule has 0 bridgehead atoms. The van der Waals surface area contributed by atoms with Crippen molar-refractivity contribution in [1.29, 1.82) is 0 Å². The summed E-state index contributed by atoms with van der Waals surface area (Å²) in [5.74, 6) is 0.0889. The first-order chi connectivity index (χ1) is 16.0. The van der Waals surface area contributed by atoms with E-state index in [1.165, 1.54) is 18.2 Å². The molecule has 4 nitrogen and oxygen atoms in total. The van der Waals surface area contributed by atoms with Crippen LogP contribution in [0, 0.1) is 5.82 Å². The Bertz CT molecular complexity index is 1330. The standard InChI is InChI=1S/C27H23ClFNO3/c1-3-32-25-14-26-22(23(16-33-26)18-8-10-20(29)11-9-18)13-21(25)17(2)12-27(31)30-15-19-6-4-5-7-24(19)28/h4-14,16H,3,15H2,1-2H3,(H,30,31)/b17-12+. The van der Waals surface area contributed by atoms with Gasteiger partial charge in [-0.2, -0.15) is 0 Å². The van der Waals surface area contributed by atoms with Crippen molar-refractivity contribution in [3.63, 3.8) is 0 Å². The molecule has 168 valence electrons. The summed E-state index contributed by atoms with van der Waals surface area (Å²) in [6, 6.07) is 17.4. The molecule has 0 aliphatic rings. The van der Waals surface area contributed by atoms with Gasteiger partial charge in [0, 0.05) is 40.2 Å². The molecule has 33 heavy (non-hydrogen) atoms. The second-order valence-electron chi connectivity index (χ2n) is 7.57. The van der Waals surface area contributed by atoms with Gasteiger partial charge in [0.15, 0.2) is 0 Å². The molecular weight excluding hydrogens is 441 g/mol. The minimum atomic E-state index is -0.299. The van der Waals surface area contributed by atoms with Crippen LogP contribution in [-0.4, -0.2) is 12.5 Å². The zero-order valence-electron chi connectivity index (χ0n) is 18.3. The lowest BCUT2D eigenvalue weighted by molar-refractivity contribution is -0.116. The third-order valence-electron chi connectivity index (χ3n) is 5.31. The van der Waals surface area contributed by atoms with Crippen LogP contribution < -0.4 is 10.1 Å². The van der Waals surface area contributed by atoms with Gasteiger partial charge in [0.1, 0.15) is 17.1 Å². The molecule has 0 fully saturated rings. The lowest BCUT2D eigenvalue weighted by Gasteiger charge is -2.12. The quantitative estimate of drug-likeness (QED) is 0.300. The number of rotatable bonds is 7. The molecule has 3 aromatic carbocycles. The van der Waals surface area contributed by atoms with Gasteiger partial charge in [-0.05, 0) is 54.8 Å². The Balaban J connectivity index is 1.66. The topological polar surface area (TPSA) is 51.5 Å². The Kier molecular flexibility index (Phi) is 6.80. The summed E-state index contributed by atoms with van der Waals surface area (Å²) in [6.45, 7) is 4.55. The van der Waals surface area contributed by atoms with Crippen LogP contribution in [0.4, 0.5) is 4.39 Å². The molecule has 1 N–H and O–H groups in total. The Morgan fingerprint density at radius 3 is 2.64 bits per heavy atom. The van der Waals surface area contributed by atoms with Crippen molar-refractivity contribution in [3.8, 4) is 16.9 Å². The van der Waals surface area contributed by atoms with Gasteiger partial charge in [-0.25, -0.2) is 4.39 Å². The number of carbonyl (C=O) groups is 1. The summed E-state index contributed by atoms with van der Waals surface area (Å²) >= 11 is 6.17. The smallest absolute Gasteiger partial charge is 0.244 e. The number of carbonyl (C=O) groups excluding carboxylic acids is 1. The van der Waals surface area contributed by atoms with Crippen molar-refractivity contribution in [2.24, 2.45) is 0 Å². The predicted molar refractivity (Wildman–Crippen MR) is 130 cm³/mol. The molecule has 1 amide bonds. The molecule has 0 radical (unpaired) electrons. The van der Waals surface area contributed by atoms with Gasteiger partial charge in [-0.15, -0.1) is 0 Å². The highest BCUT2D eigenvalue weighted by atomic mass is 35.5. The number of allylic oxidation sites excluding steroid dienone is 1. The summed E-state index contributed by atoms with van der Waals surface area (Å²) in [7, 11) is 0. The van der Waals surface area contributed by atoms with Gasteiger partial charge in [-0.3, -0.25) is 4.79 Å². The highest BCUT2D eigenvalue weighted by Gasteiger charge is 2.15. The Hall–Kier alpha value is -3.57. The van der Waals surface area contributed by atoms with Gasteiger partial charge in [-0.1, -0.05) is 41.9 Å². The molecule has 0 spiro atoms. The van der Waals surface area contributed by atoms with Crippen molar-refractivity contribution in [1.82, 2.24) is 5.32 Å². The number of hydrogen-bond donors (Lipinski definition) is 1. The van der Waals surface area contributed by atoms with E-state index in [0.29, 0.717) is 29.5 Å². The SMILES string of the molecule is CCOc1cc2occ(-c3ccc(F)cc3)c2cc1/C(C)=C/C(=O)NCc1ccccc1Cl. The van der Waals surface area contributed by atoms with E-state index in [2.05, 4.69) is 5.32 Å². The average Bonchev–Trinajstić information content (AvgIpc) is 3.21. The van der Waals surface area contributed by atoms with E-state index in [-0.39, 0.29) is 11.7 Å². The lowest BCUT2D eigenvalue weighted by Crippen LogP contribution is -2.20. The molecule has 0 saturated heterocycles. The summed E-state index contributed by atoms with van der Waals surface area (Å²) in [6.07, 6.45) is 3.19. The molecule has 0 aliphatic heterocycles. The zero-order valence-corrected chi connectivity index (χ0v) is 19.1. The van der Waals surface area contributed by atoms with E-state index in [9.17, 15) is 9.18 Å². The summed E-state index contributed by atoms with van der Waals surface area (Å²) in [5, 5.41) is 4.33. The Morgan fingerprint density at radius 1 is 1.15 bits per heavy atom. The molecule has 0 aliphatic carbocycles. The minimum absolute atomic E-state index is 0.235. The van der Waals surface area contributed by atoms with Gasteiger partial charge in [0.05, 0.1) is 12.9 Å². The van der Waals surface area contributed by atoms with Gasteiger partial charge in [0.2, 0.25) is 5.91 Å². The Morgan fingerprint density at radius 2 is 1.91 bits per heavy atom. The van der Waals surface area contributed by atoms with Crippen LogP contribution in [0.15, 0.2) is 77.4 Å². The van der Waals surface area contributed by atoms with Crippen molar-refractivity contribution in [2.75, 3.05) is 6.61 Å². The summed E-state index contributed by atoms with van der Waals surface area (Å²) in [4.78, 5) is 12.6. The molecule has 1 aromatic heterocycles. The predicted octanol–water partition coefficient (Wildman–Crippen LogP) is 7.01. The van der Waals surface area contributed by atoms with Crippen LogP contribution in [-0.2, 0) is 11.3 Å².